The van der Waals surface area contributed by atoms with Crippen molar-refractivity contribution in [1.29, 1.82) is 0 Å². The van der Waals surface area contributed by atoms with Gasteiger partial charge in [-0.15, -0.1) is 0 Å². The first-order chi connectivity index (χ1) is 8.33. The molecule has 1 saturated heterocycles. The number of carbonyl (C=O) groups is 1. The van der Waals surface area contributed by atoms with E-state index in [2.05, 4.69) is 17.1 Å². The zero-order valence-electron chi connectivity index (χ0n) is 12.2. The quantitative estimate of drug-likeness (QED) is 0.762. The van der Waals surface area contributed by atoms with Crippen LogP contribution < -0.4 is 5.32 Å². The molecule has 1 unspecified atom stereocenters. The molecule has 0 aromatic carbocycles. The Balaban J connectivity index is 2.45. The van der Waals surface area contributed by atoms with Gasteiger partial charge in [0.25, 0.3) is 0 Å². The molecule has 0 aromatic rings. The molecule has 0 aliphatic carbocycles. The first-order valence-corrected chi connectivity index (χ1v) is 7.07. The number of nitrogens with zero attached hydrogens (tertiary/aromatic N) is 1. The smallest absolute Gasteiger partial charge is 0.323 e. The van der Waals surface area contributed by atoms with Crippen molar-refractivity contribution in [2.45, 2.75) is 58.5 Å². The third-order valence-electron chi connectivity index (χ3n) is 3.88. The van der Waals surface area contributed by atoms with Crippen LogP contribution in [0.15, 0.2) is 0 Å². The van der Waals surface area contributed by atoms with Gasteiger partial charge in [-0.05, 0) is 59.0 Å². The third kappa shape index (κ3) is 4.58. The standard InChI is InChI=1S/C14H28N2O2/c1-11(2)15-14(4,13(17)18)7-10-16-8-5-12(3)6-9-16/h11-12,15H,5-10H2,1-4H3,(H,17,18). The molecular formula is C14H28N2O2. The van der Waals surface area contributed by atoms with Gasteiger partial charge in [-0.25, -0.2) is 0 Å². The Hall–Kier alpha value is -0.610. The second-order valence-corrected chi connectivity index (χ2v) is 6.21. The number of piperidine rings is 1. The van der Waals surface area contributed by atoms with Crippen LogP contribution in [0.5, 0.6) is 0 Å². The van der Waals surface area contributed by atoms with Crippen molar-refractivity contribution < 1.29 is 9.90 Å². The molecule has 1 atom stereocenters. The van der Waals surface area contributed by atoms with Gasteiger partial charge < -0.3 is 10.0 Å². The van der Waals surface area contributed by atoms with Crippen LogP contribution in [0.3, 0.4) is 0 Å². The highest BCUT2D eigenvalue weighted by molar-refractivity contribution is 5.78. The maximum atomic E-state index is 11.4. The van der Waals surface area contributed by atoms with E-state index in [1.807, 2.05) is 13.8 Å². The topological polar surface area (TPSA) is 52.6 Å². The number of hydrogen-bond acceptors (Lipinski definition) is 3. The lowest BCUT2D eigenvalue weighted by molar-refractivity contribution is -0.145. The van der Waals surface area contributed by atoms with E-state index in [1.165, 1.54) is 12.8 Å². The number of nitrogens with one attached hydrogen (secondary N) is 1. The maximum Gasteiger partial charge on any atom is 0.323 e. The highest BCUT2D eigenvalue weighted by atomic mass is 16.4. The molecule has 2 N–H and O–H groups in total. The van der Waals surface area contributed by atoms with Gasteiger partial charge >= 0.3 is 5.97 Å². The molecule has 106 valence electrons. The lowest BCUT2D eigenvalue weighted by Crippen LogP contribution is -2.54. The van der Waals surface area contributed by atoms with Crippen molar-refractivity contribution in [3.05, 3.63) is 0 Å². The van der Waals surface area contributed by atoms with Gasteiger partial charge in [0.2, 0.25) is 0 Å². The molecule has 4 nitrogen and oxygen atoms in total. The van der Waals surface area contributed by atoms with E-state index in [1.54, 1.807) is 6.92 Å². The number of rotatable bonds is 6. The molecule has 1 fully saturated rings. The highest BCUT2D eigenvalue weighted by Crippen LogP contribution is 2.18. The van der Waals surface area contributed by atoms with Gasteiger partial charge in [0.1, 0.15) is 5.54 Å². The maximum absolute atomic E-state index is 11.4. The van der Waals surface area contributed by atoms with Crippen molar-refractivity contribution in [3.63, 3.8) is 0 Å². The molecular weight excluding hydrogens is 228 g/mol. The van der Waals surface area contributed by atoms with Crippen LogP contribution in [-0.2, 0) is 4.79 Å². The summed E-state index contributed by atoms with van der Waals surface area (Å²) in [7, 11) is 0. The Bertz CT molecular complexity index is 273. The number of hydrogen-bond donors (Lipinski definition) is 2. The van der Waals surface area contributed by atoms with Crippen LogP contribution >= 0.6 is 0 Å². The van der Waals surface area contributed by atoms with E-state index < -0.39 is 11.5 Å². The summed E-state index contributed by atoms with van der Waals surface area (Å²) in [5.41, 5.74) is -0.808. The fourth-order valence-corrected chi connectivity index (χ4v) is 2.55. The van der Waals surface area contributed by atoms with E-state index in [4.69, 9.17) is 0 Å². The Morgan fingerprint density at radius 2 is 2.00 bits per heavy atom. The van der Waals surface area contributed by atoms with Crippen LogP contribution in [0.1, 0.15) is 47.0 Å². The van der Waals surface area contributed by atoms with E-state index in [0.717, 1.165) is 25.6 Å². The predicted octanol–water partition coefficient (Wildman–Crippen LogP) is 1.95. The molecule has 0 spiro atoms. The fraction of sp³-hybridized carbons (Fsp3) is 0.929. The minimum Gasteiger partial charge on any atom is -0.480 e. The molecule has 0 saturated carbocycles. The van der Waals surface area contributed by atoms with E-state index >= 15 is 0 Å². The summed E-state index contributed by atoms with van der Waals surface area (Å²) >= 11 is 0. The first kappa shape index (κ1) is 15.4. The average molecular weight is 256 g/mol. The summed E-state index contributed by atoms with van der Waals surface area (Å²) in [6, 6.07) is 0.187. The van der Waals surface area contributed by atoms with Crippen LogP contribution in [0, 0.1) is 5.92 Å². The lowest BCUT2D eigenvalue weighted by atomic mass is 9.94. The van der Waals surface area contributed by atoms with E-state index in [9.17, 15) is 9.90 Å². The predicted molar refractivity (Wildman–Crippen MR) is 73.8 cm³/mol. The van der Waals surface area contributed by atoms with Crippen molar-refractivity contribution in [2.75, 3.05) is 19.6 Å². The Morgan fingerprint density at radius 3 is 2.44 bits per heavy atom. The Kier molecular flexibility index (Phi) is 5.60. The van der Waals surface area contributed by atoms with Crippen molar-refractivity contribution in [1.82, 2.24) is 10.2 Å². The normalized spacial score (nSPS) is 22.1. The van der Waals surface area contributed by atoms with Gasteiger partial charge in [0.15, 0.2) is 0 Å². The SMILES string of the molecule is CC1CCN(CCC(C)(NC(C)C)C(=O)O)CC1. The lowest BCUT2D eigenvalue weighted by Gasteiger charge is -2.34. The highest BCUT2D eigenvalue weighted by Gasteiger charge is 2.33. The van der Waals surface area contributed by atoms with Gasteiger partial charge in [-0.1, -0.05) is 6.92 Å². The van der Waals surface area contributed by atoms with E-state index in [-0.39, 0.29) is 6.04 Å². The van der Waals surface area contributed by atoms with Gasteiger partial charge in [-0.2, -0.15) is 0 Å². The molecule has 18 heavy (non-hydrogen) atoms. The van der Waals surface area contributed by atoms with Crippen LogP contribution in [0.4, 0.5) is 0 Å². The molecule has 1 rings (SSSR count). The molecule has 1 aliphatic rings. The van der Waals surface area contributed by atoms with Crippen LogP contribution in [0.2, 0.25) is 0 Å². The Labute approximate surface area is 111 Å². The molecule has 0 bridgehead atoms. The third-order valence-corrected chi connectivity index (χ3v) is 3.88. The fourth-order valence-electron chi connectivity index (χ4n) is 2.55. The van der Waals surface area contributed by atoms with Gasteiger partial charge in [-0.3, -0.25) is 10.1 Å². The van der Waals surface area contributed by atoms with E-state index in [0.29, 0.717) is 6.42 Å². The molecule has 4 heteroatoms. The monoisotopic (exact) mass is 256 g/mol. The van der Waals surface area contributed by atoms with Crippen LogP contribution in [0.25, 0.3) is 0 Å². The minimum atomic E-state index is -0.808. The number of carboxylic acid groups (broad SMARTS) is 1. The summed E-state index contributed by atoms with van der Waals surface area (Å²) in [6.45, 7) is 11.2. The van der Waals surface area contributed by atoms with Crippen molar-refractivity contribution in [2.24, 2.45) is 5.92 Å². The molecule has 1 aliphatic heterocycles. The number of carboxylic acids is 1. The van der Waals surface area contributed by atoms with Crippen LogP contribution in [-0.4, -0.2) is 47.2 Å². The van der Waals surface area contributed by atoms with Crippen molar-refractivity contribution in [3.8, 4) is 0 Å². The molecule has 0 amide bonds. The second-order valence-electron chi connectivity index (χ2n) is 6.21. The summed E-state index contributed by atoms with van der Waals surface area (Å²) in [5, 5.41) is 12.5. The summed E-state index contributed by atoms with van der Waals surface area (Å²) in [5.74, 6) is 0.0717. The number of likely N-dealkylation sites (tertiary alicyclic amines) is 1. The molecule has 0 aromatic heterocycles. The summed E-state index contributed by atoms with van der Waals surface area (Å²) in [4.78, 5) is 13.8. The summed E-state index contributed by atoms with van der Waals surface area (Å²) < 4.78 is 0. The summed E-state index contributed by atoms with van der Waals surface area (Å²) in [6.07, 6.45) is 3.14. The number of aliphatic carboxylic acids is 1. The molecule has 1 heterocycles. The second kappa shape index (κ2) is 6.53. The zero-order chi connectivity index (χ0) is 13.8. The first-order valence-electron chi connectivity index (χ1n) is 7.07. The molecule has 0 radical (unpaired) electrons. The van der Waals surface area contributed by atoms with Gasteiger partial charge in [0, 0.05) is 12.6 Å². The van der Waals surface area contributed by atoms with Gasteiger partial charge in [0.05, 0.1) is 0 Å². The largest absolute Gasteiger partial charge is 0.480 e. The Morgan fingerprint density at radius 1 is 1.44 bits per heavy atom. The zero-order valence-corrected chi connectivity index (χ0v) is 12.2. The average Bonchev–Trinajstić information content (AvgIpc) is 2.27. The van der Waals surface area contributed by atoms with Crippen molar-refractivity contribution >= 4 is 5.97 Å². The minimum absolute atomic E-state index is 0.187.